The van der Waals surface area contributed by atoms with Gasteiger partial charge in [-0.15, -0.1) is 5.10 Å². The van der Waals surface area contributed by atoms with Gasteiger partial charge in [-0.2, -0.15) is 5.10 Å². The molecule has 0 unspecified atom stereocenters. The highest BCUT2D eigenvalue weighted by Crippen LogP contribution is 1.89. The fourth-order valence-electron chi connectivity index (χ4n) is 0.728. The van der Waals surface area contributed by atoms with E-state index >= 15 is 0 Å². The Bertz CT molecular complexity index is 273. The van der Waals surface area contributed by atoms with Gasteiger partial charge >= 0.3 is 0 Å². The van der Waals surface area contributed by atoms with Gasteiger partial charge in [-0.05, 0) is 5.92 Å². The topological polar surface area (TPSA) is 67.8 Å². The van der Waals surface area contributed by atoms with E-state index < -0.39 is 0 Å². The molecule has 1 aromatic heterocycles. The largest absolute Gasteiger partial charge is 0.349 e. The summed E-state index contributed by atoms with van der Waals surface area (Å²) in [6.45, 7) is 4.66. The second-order valence-electron chi connectivity index (χ2n) is 3.07. The Balaban J connectivity index is 2.50. The Kier molecular flexibility index (Phi) is 3.31. The van der Waals surface area contributed by atoms with Crippen molar-refractivity contribution < 1.29 is 4.79 Å². The third kappa shape index (κ3) is 3.14. The SMILES string of the molecule is CC(C)CNC(=O)c1nccnn1. The van der Waals surface area contributed by atoms with Crippen molar-refractivity contribution in [2.24, 2.45) is 5.92 Å². The molecule has 0 saturated heterocycles. The van der Waals surface area contributed by atoms with Crippen LogP contribution >= 0.6 is 0 Å². The fourth-order valence-corrected chi connectivity index (χ4v) is 0.728. The van der Waals surface area contributed by atoms with Crippen LogP contribution < -0.4 is 5.32 Å². The number of hydrogen-bond acceptors (Lipinski definition) is 4. The molecule has 0 aliphatic carbocycles. The van der Waals surface area contributed by atoms with Gasteiger partial charge in [-0.25, -0.2) is 4.98 Å². The third-order valence-electron chi connectivity index (χ3n) is 1.36. The van der Waals surface area contributed by atoms with Gasteiger partial charge in [0.1, 0.15) is 0 Å². The highest BCUT2D eigenvalue weighted by molar-refractivity contribution is 5.90. The smallest absolute Gasteiger partial charge is 0.290 e. The first-order valence-electron chi connectivity index (χ1n) is 4.12. The number of carbonyl (C=O) groups is 1. The summed E-state index contributed by atoms with van der Waals surface area (Å²) in [7, 11) is 0. The van der Waals surface area contributed by atoms with Crippen LogP contribution in [0.5, 0.6) is 0 Å². The zero-order chi connectivity index (χ0) is 9.68. The molecule has 70 valence electrons. The van der Waals surface area contributed by atoms with E-state index in [9.17, 15) is 4.79 Å². The van der Waals surface area contributed by atoms with Crippen LogP contribution in [0.3, 0.4) is 0 Å². The van der Waals surface area contributed by atoms with Crippen LogP contribution in [0.4, 0.5) is 0 Å². The van der Waals surface area contributed by atoms with Crippen LogP contribution in [0.25, 0.3) is 0 Å². The predicted octanol–water partition coefficient (Wildman–Crippen LogP) is 0.257. The van der Waals surface area contributed by atoms with E-state index in [-0.39, 0.29) is 11.7 Å². The van der Waals surface area contributed by atoms with Crippen molar-refractivity contribution in [1.82, 2.24) is 20.5 Å². The van der Waals surface area contributed by atoms with Crippen LogP contribution in [0.1, 0.15) is 24.5 Å². The summed E-state index contributed by atoms with van der Waals surface area (Å²) in [6, 6.07) is 0. The Morgan fingerprint density at radius 3 is 2.85 bits per heavy atom. The molecule has 0 saturated carbocycles. The molecule has 0 bridgehead atoms. The van der Waals surface area contributed by atoms with E-state index in [0.717, 1.165) is 0 Å². The van der Waals surface area contributed by atoms with Crippen LogP contribution in [0, 0.1) is 5.92 Å². The molecule has 0 atom stereocenters. The van der Waals surface area contributed by atoms with Gasteiger partial charge in [0.05, 0.1) is 6.20 Å². The van der Waals surface area contributed by atoms with Gasteiger partial charge in [0.2, 0.25) is 5.82 Å². The number of carbonyl (C=O) groups excluding carboxylic acids is 1. The highest BCUT2D eigenvalue weighted by Gasteiger charge is 2.07. The molecule has 0 radical (unpaired) electrons. The first-order valence-corrected chi connectivity index (χ1v) is 4.12. The van der Waals surface area contributed by atoms with Gasteiger partial charge in [0.25, 0.3) is 5.91 Å². The normalized spacial score (nSPS) is 10.1. The number of rotatable bonds is 3. The van der Waals surface area contributed by atoms with Gasteiger partial charge in [-0.3, -0.25) is 4.79 Å². The van der Waals surface area contributed by atoms with E-state index in [2.05, 4.69) is 20.5 Å². The van der Waals surface area contributed by atoms with Crippen molar-refractivity contribution >= 4 is 5.91 Å². The molecule has 0 aromatic carbocycles. The number of nitrogens with one attached hydrogen (secondary N) is 1. The van der Waals surface area contributed by atoms with Crippen molar-refractivity contribution in [2.45, 2.75) is 13.8 Å². The summed E-state index contributed by atoms with van der Waals surface area (Å²) >= 11 is 0. The van der Waals surface area contributed by atoms with E-state index in [0.29, 0.717) is 12.5 Å². The van der Waals surface area contributed by atoms with E-state index in [1.54, 1.807) is 0 Å². The summed E-state index contributed by atoms with van der Waals surface area (Å²) in [5.74, 6) is 0.255. The summed E-state index contributed by atoms with van der Waals surface area (Å²) in [4.78, 5) is 15.0. The Labute approximate surface area is 76.6 Å². The maximum absolute atomic E-state index is 11.3. The molecule has 1 aromatic rings. The molecular formula is C8H12N4O. The Hall–Kier alpha value is -1.52. The Morgan fingerprint density at radius 2 is 2.31 bits per heavy atom. The molecule has 1 amide bonds. The lowest BCUT2D eigenvalue weighted by Crippen LogP contribution is -2.29. The van der Waals surface area contributed by atoms with Crippen LogP contribution in [-0.2, 0) is 0 Å². The molecule has 1 rings (SSSR count). The molecule has 1 heterocycles. The number of amides is 1. The zero-order valence-corrected chi connectivity index (χ0v) is 7.69. The van der Waals surface area contributed by atoms with Crippen LogP contribution in [0.2, 0.25) is 0 Å². The molecule has 13 heavy (non-hydrogen) atoms. The molecule has 0 fully saturated rings. The summed E-state index contributed by atoms with van der Waals surface area (Å²) in [5.41, 5.74) is 0. The number of hydrogen-bond donors (Lipinski definition) is 1. The lowest BCUT2D eigenvalue weighted by molar-refractivity contribution is 0.0937. The molecule has 0 spiro atoms. The van der Waals surface area contributed by atoms with Crippen molar-refractivity contribution in [3.8, 4) is 0 Å². The summed E-state index contributed by atoms with van der Waals surface area (Å²) < 4.78 is 0. The van der Waals surface area contributed by atoms with E-state index in [1.165, 1.54) is 12.4 Å². The second-order valence-corrected chi connectivity index (χ2v) is 3.07. The van der Waals surface area contributed by atoms with E-state index in [1.807, 2.05) is 13.8 Å². The minimum Gasteiger partial charge on any atom is -0.349 e. The summed E-state index contributed by atoms with van der Waals surface area (Å²) in [5, 5.41) is 9.84. The van der Waals surface area contributed by atoms with E-state index in [4.69, 9.17) is 0 Å². The van der Waals surface area contributed by atoms with Crippen molar-refractivity contribution in [1.29, 1.82) is 0 Å². The minimum absolute atomic E-state index is 0.114. The third-order valence-corrected chi connectivity index (χ3v) is 1.36. The number of nitrogens with zero attached hydrogens (tertiary/aromatic N) is 3. The Morgan fingerprint density at radius 1 is 1.54 bits per heavy atom. The molecule has 0 aliphatic rings. The average molecular weight is 180 g/mol. The maximum Gasteiger partial charge on any atom is 0.290 e. The van der Waals surface area contributed by atoms with Gasteiger partial charge < -0.3 is 5.32 Å². The van der Waals surface area contributed by atoms with Gasteiger partial charge in [0.15, 0.2) is 0 Å². The van der Waals surface area contributed by atoms with Crippen molar-refractivity contribution in [3.63, 3.8) is 0 Å². The lowest BCUT2D eigenvalue weighted by Gasteiger charge is -2.05. The first kappa shape index (κ1) is 9.57. The second kappa shape index (κ2) is 4.49. The zero-order valence-electron chi connectivity index (χ0n) is 7.69. The lowest BCUT2D eigenvalue weighted by atomic mass is 10.2. The highest BCUT2D eigenvalue weighted by atomic mass is 16.2. The van der Waals surface area contributed by atoms with Crippen molar-refractivity contribution in [2.75, 3.05) is 6.54 Å². The van der Waals surface area contributed by atoms with Gasteiger partial charge in [0, 0.05) is 12.7 Å². The molecule has 5 heteroatoms. The fraction of sp³-hybridized carbons (Fsp3) is 0.500. The van der Waals surface area contributed by atoms with Crippen molar-refractivity contribution in [3.05, 3.63) is 18.2 Å². The van der Waals surface area contributed by atoms with Crippen LogP contribution in [-0.4, -0.2) is 27.6 Å². The standard InChI is InChI=1S/C8H12N4O/c1-6(2)5-10-8(13)7-9-3-4-11-12-7/h3-4,6H,5H2,1-2H3,(H,10,13). The van der Waals surface area contributed by atoms with Crippen LogP contribution in [0.15, 0.2) is 12.4 Å². The average Bonchev–Trinajstić information content (AvgIpc) is 2.15. The molecule has 0 aliphatic heterocycles. The number of aromatic nitrogens is 3. The predicted molar refractivity (Wildman–Crippen MR) is 47.0 cm³/mol. The summed E-state index contributed by atoms with van der Waals surface area (Å²) in [6.07, 6.45) is 2.87. The molecular weight excluding hydrogens is 168 g/mol. The first-order chi connectivity index (χ1) is 6.20. The molecule has 1 N–H and O–H groups in total. The maximum atomic E-state index is 11.3. The monoisotopic (exact) mass is 180 g/mol. The quantitative estimate of drug-likeness (QED) is 0.724. The van der Waals surface area contributed by atoms with Gasteiger partial charge in [-0.1, -0.05) is 13.8 Å². The minimum atomic E-state index is -0.276. The molecule has 5 nitrogen and oxygen atoms in total.